The lowest BCUT2D eigenvalue weighted by atomic mass is 10.0. The third-order valence-corrected chi connectivity index (χ3v) is 8.34. The molecule has 3 aromatic carbocycles. The number of carbonyl (C=O) groups is 1. The number of amides is 1. The molecule has 0 spiro atoms. The van der Waals surface area contributed by atoms with E-state index in [-0.39, 0.29) is 22.9 Å². The Bertz CT molecular complexity index is 1740. The SMILES string of the molecule is CCOc1cc(C(Nc2ccc3c(N)nccc3c2)C(=O)N2CCCC2c2cccc(S(N)(=O)=O)c2)ccc1OC(C)C. The maximum atomic E-state index is 14.5. The van der Waals surface area contributed by atoms with Gasteiger partial charge in [0.25, 0.3) is 0 Å². The molecule has 5 N–H and O–H groups in total. The van der Waals surface area contributed by atoms with Gasteiger partial charge in [-0.2, -0.15) is 0 Å². The number of nitrogens with zero attached hydrogens (tertiary/aromatic N) is 2. The lowest BCUT2D eigenvalue weighted by molar-refractivity contribution is -0.133. The fourth-order valence-corrected chi connectivity index (χ4v) is 6.08. The van der Waals surface area contributed by atoms with Crippen LogP contribution >= 0.6 is 0 Å². The summed E-state index contributed by atoms with van der Waals surface area (Å²) >= 11 is 0. The number of primary sulfonamides is 1. The molecule has 1 saturated heterocycles. The summed E-state index contributed by atoms with van der Waals surface area (Å²) in [5.41, 5.74) is 8.21. The highest BCUT2D eigenvalue weighted by Crippen LogP contribution is 2.38. The minimum Gasteiger partial charge on any atom is -0.490 e. The zero-order chi connectivity index (χ0) is 30.7. The Morgan fingerprint density at radius 1 is 1.09 bits per heavy atom. The molecule has 2 atom stereocenters. The van der Waals surface area contributed by atoms with Gasteiger partial charge in [0.15, 0.2) is 11.5 Å². The summed E-state index contributed by atoms with van der Waals surface area (Å²) in [6.45, 7) is 6.73. The molecule has 1 aliphatic heterocycles. The molecule has 5 rings (SSSR count). The number of nitrogen functional groups attached to an aromatic ring is 1. The molecule has 1 amide bonds. The second-order valence-corrected chi connectivity index (χ2v) is 12.4. The van der Waals surface area contributed by atoms with E-state index in [1.807, 2.05) is 74.2 Å². The molecular formula is C32H37N5O5S. The van der Waals surface area contributed by atoms with Gasteiger partial charge in [-0.15, -0.1) is 0 Å². The molecule has 226 valence electrons. The zero-order valence-corrected chi connectivity index (χ0v) is 25.3. The standard InChI is InChI=1S/C32H37N5O5S/c1-4-41-29-19-23(10-13-28(29)42-20(2)3)30(36-24-11-12-26-21(17-24)14-15-35-31(26)33)32(38)37-16-6-9-27(37)22-7-5-8-25(18-22)43(34,39)40/h5,7-8,10-15,17-20,27,30,36H,4,6,9,16H2,1-3H3,(H2,33,35)(H2,34,39,40). The minimum atomic E-state index is -3.89. The van der Waals surface area contributed by atoms with Gasteiger partial charge in [0.05, 0.1) is 23.6 Å². The summed E-state index contributed by atoms with van der Waals surface area (Å²) in [7, 11) is -3.89. The summed E-state index contributed by atoms with van der Waals surface area (Å²) in [6, 6.07) is 18.5. The van der Waals surface area contributed by atoms with Gasteiger partial charge in [0.1, 0.15) is 11.9 Å². The molecule has 1 aliphatic rings. The maximum Gasteiger partial charge on any atom is 0.250 e. The average molecular weight is 604 g/mol. The van der Waals surface area contributed by atoms with Crippen molar-refractivity contribution < 1.29 is 22.7 Å². The summed E-state index contributed by atoms with van der Waals surface area (Å²) < 4.78 is 36.0. The van der Waals surface area contributed by atoms with Gasteiger partial charge >= 0.3 is 0 Å². The number of nitrogens with two attached hydrogens (primary N) is 2. The van der Waals surface area contributed by atoms with E-state index in [4.69, 9.17) is 20.3 Å². The van der Waals surface area contributed by atoms with Crippen molar-refractivity contribution in [2.75, 3.05) is 24.2 Å². The second-order valence-electron chi connectivity index (χ2n) is 10.8. The zero-order valence-electron chi connectivity index (χ0n) is 24.5. The minimum absolute atomic E-state index is 0.0194. The van der Waals surface area contributed by atoms with Crippen LogP contribution in [0.25, 0.3) is 10.8 Å². The van der Waals surface area contributed by atoms with Crippen LogP contribution in [0.3, 0.4) is 0 Å². The van der Waals surface area contributed by atoms with Crippen LogP contribution in [-0.4, -0.2) is 43.5 Å². The monoisotopic (exact) mass is 603 g/mol. The lowest BCUT2D eigenvalue weighted by Gasteiger charge is -2.31. The molecule has 1 aromatic heterocycles. The van der Waals surface area contributed by atoms with Crippen molar-refractivity contribution in [3.8, 4) is 11.5 Å². The Hall–Kier alpha value is -4.35. The van der Waals surface area contributed by atoms with Crippen molar-refractivity contribution in [3.63, 3.8) is 0 Å². The van der Waals surface area contributed by atoms with E-state index in [0.29, 0.717) is 42.5 Å². The highest BCUT2D eigenvalue weighted by Gasteiger charge is 2.35. The fourth-order valence-electron chi connectivity index (χ4n) is 5.51. The van der Waals surface area contributed by atoms with E-state index in [9.17, 15) is 13.2 Å². The number of benzene rings is 3. The molecule has 0 saturated carbocycles. The normalized spacial score (nSPS) is 15.9. The number of aromatic nitrogens is 1. The van der Waals surface area contributed by atoms with Crippen LogP contribution in [0.2, 0.25) is 0 Å². The van der Waals surface area contributed by atoms with Crippen molar-refractivity contribution in [3.05, 3.63) is 84.1 Å². The van der Waals surface area contributed by atoms with Gasteiger partial charge in [0, 0.05) is 23.8 Å². The molecule has 0 bridgehead atoms. The Morgan fingerprint density at radius 2 is 1.91 bits per heavy atom. The van der Waals surface area contributed by atoms with Gasteiger partial charge in [0.2, 0.25) is 15.9 Å². The van der Waals surface area contributed by atoms with E-state index in [1.54, 1.807) is 18.3 Å². The fraction of sp³-hybridized carbons (Fsp3) is 0.312. The van der Waals surface area contributed by atoms with Crippen molar-refractivity contribution in [2.24, 2.45) is 5.14 Å². The number of hydrogen-bond donors (Lipinski definition) is 3. The van der Waals surface area contributed by atoms with Crippen LogP contribution in [0.4, 0.5) is 11.5 Å². The van der Waals surface area contributed by atoms with Crippen molar-refractivity contribution in [1.29, 1.82) is 0 Å². The first-order chi connectivity index (χ1) is 20.5. The predicted octanol–water partition coefficient (Wildman–Crippen LogP) is 5.17. The van der Waals surface area contributed by atoms with Crippen LogP contribution in [0.5, 0.6) is 11.5 Å². The number of rotatable bonds is 10. The molecule has 11 heteroatoms. The Labute approximate surface area is 252 Å². The van der Waals surface area contributed by atoms with Crippen LogP contribution in [0.1, 0.15) is 56.8 Å². The molecule has 10 nitrogen and oxygen atoms in total. The highest BCUT2D eigenvalue weighted by atomic mass is 32.2. The van der Waals surface area contributed by atoms with Crippen molar-refractivity contribution in [2.45, 2.75) is 56.7 Å². The first-order valence-corrected chi connectivity index (χ1v) is 15.9. The number of pyridine rings is 1. The summed E-state index contributed by atoms with van der Waals surface area (Å²) in [6.07, 6.45) is 3.06. The van der Waals surface area contributed by atoms with E-state index < -0.39 is 16.1 Å². The third kappa shape index (κ3) is 6.68. The summed E-state index contributed by atoms with van der Waals surface area (Å²) in [5, 5.41) is 10.6. The molecule has 0 aliphatic carbocycles. The first-order valence-electron chi connectivity index (χ1n) is 14.3. The van der Waals surface area contributed by atoms with Gasteiger partial charge in [-0.3, -0.25) is 4.79 Å². The van der Waals surface area contributed by atoms with E-state index >= 15 is 0 Å². The highest BCUT2D eigenvalue weighted by molar-refractivity contribution is 7.89. The first kappa shape index (κ1) is 30.1. The third-order valence-electron chi connectivity index (χ3n) is 7.42. The largest absolute Gasteiger partial charge is 0.490 e. The van der Waals surface area contributed by atoms with Gasteiger partial charge in [-0.25, -0.2) is 18.5 Å². The molecule has 43 heavy (non-hydrogen) atoms. The second kappa shape index (κ2) is 12.5. The smallest absolute Gasteiger partial charge is 0.250 e. The predicted molar refractivity (Wildman–Crippen MR) is 167 cm³/mol. The number of likely N-dealkylation sites (tertiary alicyclic amines) is 1. The Kier molecular flexibility index (Phi) is 8.74. The molecule has 0 radical (unpaired) electrons. The lowest BCUT2D eigenvalue weighted by Crippen LogP contribution is -2.37. The summed E-state index contributed by atoms with van der Waals surface area (Å²) in [4.78, 5) is 20.5. The van der Waals surface area contributed by atoms with Crippen LogP contribution < -0.4 is 25.7 Å². The van der Waals surface area contributed by atoms with Crippen LogP contribution in [0.15, 0.2) is 77.8 Å². The topological polar surface area (TPSA) is 150 Å². The quantitative estimate of drug-likeness (QED) is 0.225. The van der Waals surface area contributed by atoms with E-state index in [0.717, 1.165) is 28.4 Å². The Morgan fingerprint density at radius 3 is 2.65 bits per heavy atom. The summed E-state index contributed by atoms with van der Waals surface area (Å²) in [5.74, 6) is 1.42. The molecule has 1 fully saturated rings. The van der Waals surface area contributed by atoms with E-state index in [2.05, 4.69) is 10.3 Å². The molecule has 2 heterocycles. The van der Waals surface area contributed by atoms with Gasteiger partial charge in [-0.1, -0.05) is 18.2 Å². The number of carbonyl (C=O) groups excluding carboxylic acids is 1. The number of sulfonamides is 1. The number of ether oxygens (including phenoxy) is 2. The number of hydrogen-bond acceptors (Lipinski definition) is 8. The van der Waals surface area contributed by atoms with E-state index in [1.165, 1.54) is 6.07 Å². The number of fused-ring (bicyclic) bond motifs is 1. The van der Waals surface area contributed by atoms with Crippen molar-refractivity contribution in [1.82, 2.24) is 9.88 Å². The maximum absolute atomic E-state index is 14.5. The molecule has 2 unspecified atom stereocenters. The number of anilines is 2. The average Bonchev–Trinajstić information content (AvgIpc) is 3.46. The Balaban J connectivity index is 1.55. The number of nitrogens with one attached hydrogen (secondary N) is 1. The van der Waals surface area contributed by atoms with Gasteiger partial charge < -0.3 is 25.4 Å². The molecule has 4 aromatic rings. The van der Waals surface area contributed by atoms with Crippen molar-refractivity contribution >= 4 is 38.2 Å². The van der Waals surface area contributed by atoms with Crippen LogP contribution in [0, 0.1) is 0 Å². The van der Waals surface area contributed by atoms with Gasteiger partial charge in [-0.05, 0) is 98.7 Å². The van der Waals surface area contributed by atoms with Crippen LogP contribution in [-0.2, 0) is 14.8 Å². The molecular weight excluding hydrogens is 566 g/mol.